The molecule has 0 bridgehead atoms. The van der Waals surface area contributed by atoms with Gasteiger partial charge in [0.1, 0.15) is 27.8 Å². The number of aromatic nitrogens is 6. The molecule has 0 atom stereocenters. The van der Waals surface area contributed by atoms with Crippen LogP contribution in [-0.4, -0.2) is 59.9 Å². The Morgan fingerprint density at radius 2 is 0.833 bits per heavy atom. The van der Waals surface area contributed by atoms with E-state index in [1.54, 1.807) is 48.1 Å². The molecule has 0 aliphatic rings. The molecule has 2 N–H and O–H groups in total. The van der Waals surface area contributed by atoms with Gasteiger partial charge in [0.2, 0.25) is 0 Å². The summed E-state index contributed by atoms with van der Waals surface area (Å²) in [5.74, 6) is 1.69. The Kier molecular flexibility index (Phi) is 12.8. The number of hydrogen-bond donors (Lipinski definition) is 1. The van der Waals surface area contributed by atoms with E-state index < -0.39 is 0 Å². The minimum atomic E-state index is 0. The predicted octanol–water partition coefficient (Wildman–Crippen LogP) is 9.94. The number of ketones is 1. The van der Waals surface area contributed by atoms with E-state index in [0.29, 0.717) is 11.1 Å². The van der Waals surface area contributed by atoms with E-state index >= 15 is 0 Å². The van der Waals surface area contributed by atoms with Gasteiger partial charge in [0.15, 0.2) is 0 Å². The van der Waals surface area contributed by atoms with Gasteiger partial charge >= 0.3 is 5.78 Å². The van der Waals surface area contributed by atoms with Crippen LogP contribution < -0.4 is 9.47 Å². The normalized spacial score (nSPS) is 10.9. The van der Waals surface area contributed by atoms with Crippen LogP contribution >= 0.6 is 0 Å². The van der Waals surface area contributed by atoms with Crippen molar-refractivity contribution in [3.63, 3.8) is 0 Å². The molecule has 0 saturated heterocycles. The van der Waals surface area contributed by atoms with Crippen molar-refractivity contribution in [2.75, 3.05) is 14.2 Å². The van der Waals surface area contributed by atoms with Crippen molar-refractivity contribution in [1.82, 2.24) is 30.0 Å². The second-order valence-corrected chi connectivity index (χ2v) is 13.1. The third-order valence-corrected chi connectivity index (χ3v) is 9.40. The van der Waals surface area contributed by atoms with Gasteiger partial charge in [-0.1, -0.05) is 131 Å². The molecule has 60 heavy (non-hydrogen) atoms. The van der Waals surface area contributed by atoms with Gasteiger partial charge in [-0.25, -0.2) is 0 Å². The van der Waals surface area contributed by atoms with E-state index in [-0.39, 0.29) is 31.6 Å². The third-order valence-electron chi connectivity index (χ3n) is 9.40. The summed E-state index contributed by atoms with van der Waals surface area (Å²) in [7, 11) is 3.32. The topological polar surface area (TPSA) is 122 Å². The van der Waals surface area contributed by atoms with Gasteiger partial charge in [-0.15, -0.1) is 24.3 Å². The Morgan fingerprint density at radius 1 is 0.500 bits per heavy atom. The standard InChI is InChI=1S/2C17H12N3O.C15H12O2.Ir/c2*1-21-17-11-10-16(12-6-2-3-7-13(12)17)20-18-14-8-4-5-9-15(14)19-20;16-14(12-7-3-1-4-8-12)11-15(17)13-9-5-2-6-10-13;/h2*2-9,11H,1H3;1-11,16H;/q2*-1;;/p+1/b;;14-11-;. The molecule has 0 spiro atoms. The minimum absolute atomic E-state index is 0. The molecule has 0 aliphatic heterocycles. The van der Waals surface area contributed by atoms with Crippen molar-refractivity contribution in [2.24, 2.45) is 0 Å². The zero-order valence-electron chi connectivity index (χ0n) is 32.5. The van der Waals surface area contributed by atoms with Crippen molar-refractivity contribution in [3.05, 3.63) is 199 Å². The Labute approximate surface area is 359 Å². The molecule has 10 rings (SSSR count). The second kappa shape index (κ2) is 18.9. The number of aliphatic hydroxyl groups excluding tert-OH is 1. The Hall–Kier alpha value is -7.46. The molecule has 0 unspecified atom stereocenters. The van der Waals surface area contributed by atoms with Crippen molar-refractivity contribution in [2.45, 2.75) is 0 Å². The summed E-state index contributed by atoms with van der Waals surface area (Å²) >= 11 is 0. The number of benzene rings is 8. The molecule has 1 radical (unpaired) electrons. The number of fused-ring (bicyclic) bond motifs is 4. The Bertz CT molecular complexity index is 2850. The van der Waals surface area contributed by atoms with E-state index in [2.05, 4.69) is 32.5 Å². The molecule has 10 aromatic rings. The van der Waals surface area contributed by atoms with Crippen LogP contribution in [0.1, 0.15) is 11.1 Å². The average molecular weight is 966 g/mol. The van der Waals surface area contributed by atoms with Crippen LogP contribution in [0.5, 0.6) is 11.5 Å². The van der Waals surface area contributed by atoms with Gasteiger partial charge in [-0.2, -0.15) is 42.1 Å². The fourth-order valence-electron chi connectivity index (χ4n) is 6.49. The van der Waals surface area contributed by atoms with Gasteiger partial charge in [0.05, 0.1) is 25.9 Å². The van der Waals surface area contributed by atoms with Gasteiger partial charge in [-0.05, 0) is 47.8 Å². The van der Waals surface area contributed by atoms with Crippen LogP contribution in [-0.2, 0) is 20.1 Å². The van der Waals surface area contributed by atoms with Gasteiger partial charge in [0, 0.05) is 37.2 Å². The first-order valence-corrected chi connectivity index (χ1v) is 18.7. The largest absolute Gasteiger partial charge is 0.554 e. The first-order chi connectivity index (χ1) is 29.0. The molecule has 297 valence electrons. The van der Waals surface area contributed by atoms with Crippen molar-refractivity contribution >= 4 is 55.2 Å². The predicted molar refractivity (Wildman–Crippen MR) is 233 cm³/mol. The molecule has 8 aromatic carbocycles. The Morgan fingerprint density at radius 3 is 1.22 bits per heavy atom. The van der Waals surface area contributed by atoms with Gasteiger partial charge in [-0.3, -0.25) is 4.79 Å². The molecule has 10 nitrogen and oxygen atoms in total. The summed E-state index contributed by atoms with van der Waals surface area (Å²) < 4.78 is 10.8. The number of methoxy groups -OCH3 is 2. The quantitative estimate of drug-likeness (QED) is 0.0555. The van der Waals surface area contributed by atoms with Gasteiger partial charge < -0.3 is 14.6 Å². The molecule has 0 amide bonds. The zero-order chi connectivity index (χ0) is 40.6. The number of allylic oxidation sites excluding steroid dienone is 1. The van der Waals surface area contributed by atoms with Crippen molar-refractivity contribution < 1.29 is 39.5 Å². The molecule has 11 heteroatoms. The molecule has 0 fully saturated rings. The monoisotopic (exact) mass is 966 g/mol. The Balaban J connectivity index is 0.000000136. The van der Waals surface area contributed by atoms with E-state index in [0.717, 1.165) is 66.5 Å². The fraction of sp³-hybridized carbons (Fsp3) is 0.0408. The summed E-state index contributed by atoms with van der Waals surface area (Å²) in [6.45, 7) is 0. The first-order valence-electron chi connectivity index (χ1n) is 18.7. The van der Waals surface area contributed by atoms with Crippen LogP contribution in [0, 0.1) is 12.1 Å². The number of nitrogens with zero attached hydrogens (tertiary/aromatic N) is 6. The first kappa shape index (κ1) is 40.7. The van der Waals surface area contributed by atoms with Crippen molar-refractivity contribution in [3.8, 4) is 22.9 Å². The van der Waals surface area contributed by atoms with Gasteiger partial charge in [0.25, 0.3) is 0 Å². The molecular weight excluding hydrogens is 929 g/mol. The van der Waals surface area contributed by atoms with E-state index in [9.17, 15) is 9.90 Å². The van der Waals surface area contributed by atoms with Crippen LogP contribution in [0.25, 0.3) is 60.7 Å². The molecule has 2 heterocycles. The maximum absolute atomic E-state index is 9.83. The summed E-state index contributed by atoms with van der Waals surface area (Å²) in [5.41, 5.74) is 6.46. The zero-order valence-corrected chi connectivity index (χ0v) is 34.9. The van der Waals surface area contributed by atoms with Crippen LogP contribution in [0.15, 0.2) is 176 Å². The van der Waals surface area contributed by atoms with E-state index in [1.807, 2.05) is 146 Å². The molecule has 2 aromatic heterocycles. The summed E-state index contributed by atoms with van der Waals surface area (Å²) in [6.07, 6.45) is 1.35. The maximum Gasteiger partial charge on any atom is 0.350 e. The minimum Gasteiger partial charge on any atom is -0.554 e. The summed E-state index contributed by atoms with van der Waals surface area (Å²) in [6, 6.07) is 60.0. The number of rotatable bonds is 7. The SMILES string of the molecule is COc1c[c-]c(-n2nc3ccccc3n2)c2ccccc12.COc1c[c-]c(-n2nc3ccccc3n2)c2ccccc12.O/C(=C\C(=[OH+])c1ccccc1)c1ccccc1.[Ir]. The van der Waals surface area contributed by atoms with Crippen LogP contribution in [0.4, 0.5) is 0 Å². The molecule has 0 saturated carbocycles. The van der Waals surface area contributed by atoms with E-state index in [4.69, 9.17) is 9.47 Å². The van der Waals surface area contributed by atoms with E-state index in [1.165, 1.54) is 6.08 Å². The fourth-order valence-corrected chi connectivity index (χ4v) is 6.49. The maximum atomic E-state index is 9.83. The smallest absolute Gasteiger partial charge is 0.350 e. The number of hydrogen-bond acceptors (Lipinski definition) is 7. The average Bonchev–Trinajstić information content (AvgIpc) is 3.94. The molecular formula is C49H37IrN6O4-. The number of carbonyl (C=O) groups excluding carboxylic acids is 1. The third kappa shape index (κ3) is 8.83. The number of ether oxygens (including phenoxy) is 2. The summed E-state index contributed by atoms with van der Waals surface area (Å²) in [4.78, 5) is 13.1. The number of aliphatic hydroxyl groups is 1. The van der Waals surface area contributed by atoms with Crippen LogP contribution in [0.3, 0.4) is 0 Å². The van der Waals surface area contributed by atoms with Crippen LogP contribution in [0.2, 0.25) is 0 Å². The van der Waals surface area contributed by atoms with Crippen molar-refractivity contribution in [1.29, 1.82) is 0 Å². The summed E-state index contributed by atoms with van der Waals surface area (Å²) in [5, 5.41) is 32.0. The molecule has 0 aliphatic carbocycles. The second-order valence-electron chi connectivity index (χ2n) is 13.1.